The van der Waals surface area contributed by atoms with Crippen LogP contribution in [0.4, 0.5) is 0 Å². The Bertz CT molecular complexity index is 1480. The Morgan fingerprint density at radius 1 is 1.29 bits per heavy atom. The lowest BCUT2D eigenvalue weighted by Gasteiger charge is -2.25. The van der Waals surface area contributed by atoms with E-state index in [0.717, 1.165) is 3.77 Å². The second-order valence-corrected chi connectivity index (χ2v) is 10.1. The molecule has 2 aromatic heterocycles. The number of aromatic nitrogens is 1. The van der Waals surface area contributed by atoms with Crippen molar-refractivity contribution < 1.29 is 23.4 Å². The quantitative estimate of drug-likeness (QED) is 0.300. The molecule has 0 saturated heterocycles. The molecule has 0 fully saturated rings. The highest BCUT2D eigenvalue weighted by Gasteiger charge is 2.34. The van der Waals surface area contributed by atoms with Crippen molar-refractivity contribution in [2.24, 2.45) is 4.99 Å². The van der Waals surface area contributed by atoms with Gasteiger partial charge in [0.05, 0.1) is 41.7 Å². The number of nitrogens with zero attached hydrogens (tertiary/aromatic N) is 2. The summed E-state index contributed by atoms with van der Waals surface area (Å²) in [5.74, 6) is 1.12. The maximum absolute atomic E-state index is 13.6. The fourth-order valence-electron chi connectivity index (χ4n) is 3.85. The first-order chi connectivity index (χ1) is 16.7. The van der Waals surface area contributed by atoms with E-state index >= 15 is 0 Å². The lowest BCUT2D eigenvalue weighted by Crippen LogP contribution is -2.40. The molecule has 10 heteroatoms. The molecular weight excluding hydrogens is 583 g/mol. The summed E-state index contributed by atoms with van der Waals surface area (Å²) >= 11 is 3.31. The van der Waals surface area contributed by atoms with Gasteiger partial charge in [0, 0.05) is 6.08 Å². The molecule has 0 unspecified atom stereocenters. The SMILES string of the molecule is CCOC(=O)C1=C(C)N=c2s/c(=C\c3ccc(I)o3)c(=O)n2[C@@H]1c1ccc(OC(C)C)c(OC)c1. The van der Waals surface area contributed by atoms with Crippen LogP contribution in [-0.4, -0.2) is 30.4 Å². The molecule has 0 spiro atoms. The number of furan rings is 1. The van der Waals surface area contributed by atoms with E-state index in [9.17, 15) is 9.59 Å². The van der Waals surface area contributed by atoms with Crippen LogP contribution < -0.4 is 24.4 Å². The minimum atomic E-state index is -0.744. The molecule has 0 radical (unpaired) electrons. The lowest BCUT2D eigenvalue weighted by atomic mass is 9.95. The first-order valence-corrected chi connectivity index (χ1v) is 12.9. The number of methoxy groups -OCH3 is 1. The monoisotopic (exact) mass is 608 g/mol. The van der Waals surface area contributed by atoms with Crippen LogP contribution in [0.25, 0.3) is 6.08 Å². The zero-order valence-electron chi connectivity index (χ0n) is 20.0. The first-order valence-electron chi connectivity index (χ1n) is 11.0. The number of halogens is 1. The van der Waals surface area contributed by atoms with Gasteiger partial charge in [-0.25, -0.2) is 9.79 Å². The van der Waals surface area contributed by atoms with Gasteiger partial charge in [-0.1, -0.05) is 17.4 Å². The summed E-state index contributed by atoms with van der Waals surface area (Å²) in [6, 6.07) is 8.27. The highest BCUT2D eigenvalue weighted by molar-refractivity contribution is 14.1. The van der Waals surface area contributed by atoms with Crippen LogP contribution in [0.5, 0.6) is 11.5 Å². The maximum atomic E-state index is 13.6. The standard InChI is InChI=1S/C25H25IN2O6S/c1-6-32-24(30)21-14(4)27-25-28(23(29)19(35-25)12-16-8-10-20(26)34-16)22(21)15-7-9-17(33-13(2)3)18(11-15)31-5/h7-13,22H,6H2,1-5H3/b19-12-/t22-/m1/s1. The number of allylic oxidation sites excluding steroid dienone is 1. The number of carbonyl (C=O) groups excluding carboxylic acids is 1. The predicted octanol–water partition coefficient (Wildman–Crippen LogP) is 3.79. The minimum absolute atomic E-state index is 0.0469. The van der Waals surface area contributed by atoms with Crippen LogP contribution in [0.1, 0.15) is 45.1 Å². The summed E-state index contributed by atoms with van der Waals surface area (Å²) in [7, 11) is 1.55. The molecule has 1 aliphatic heterocycles. The molecule has 1 aromatic carbocycles. The van der Waals surface area contributed by atoms with Crippen molar-refractivity contribution in [3.05, 3.63) is 76.4 Å². The van der Waals surface area contributed by atoms with Crippen LogP contribution in [0.15, 0.2) is 55.8 Å². The molecule has 35 heavy (non-hydrogen) atoms. The number of fused-ring (bicyclic) bond motifs is 1. The van der Waals surface area contributed by atoms with Crippen molar-refractivity contribution in [1.82, 2.24) is 4.57 Å². The smallest absolute Gasteiger partial charge is 0.338 e. The van der Waals surface area contributed by atoms with Crippen molar-refractivity contribution in [3.63, 3.8) is 0 Å². The van der Waals surface area contributed by atoms with Crippen molar-refractivity contribution >= 4 is 46.0 Å². The number of carbonyl (C=O) groups is 1. The van der Waals surface area contributed by atoms with Gasteiger partial charge in [-0.15, -0.1) is 0 Å². The van der Waals surface area contributed by atoms with E-state index in [1.807, 2.05) is 26.0 Å². The van der Waals surface area contributed by atoms with Gasteiger partial charge in [0.2, 0.25) is 0 Å². The summed E-state index contributed by atoms with van der Waals surface area (Å²) in [4.78, 5) is 31.7. The van der Waals surface area contributed by atoms with Crippen molar-refractivity contribution in [2.45, 2.75) is 39.8 Å². The van der Waals surface area contributed by atoms with E-state index in [1.165, 1.54) is 15.9 Å². The Morgan fingerprint density at radius 2 is 2.06 bits per heavy atom. The molecule has 184 valence electrons. The van der Waals surface area contributed by atoms with Gasteiger partial charge in [-0.05, 0) is 80.1 Å². The number of benzene rings is 1. The van der Waals surface area contributed by atoms with Gasteiger partial charge in [-0.2, -0.15) is 0 Å². The number of hydrogen-bond acceptors (Lipinski definition) is 8. The summed E-state index contributed by atoms with van der Waals surface area (Å²) in [5.41, 5.74) is 1.20. The third-order valence-corrected chi connectivity index (χ3v) is 6.81. The second kappa shape index (κ2) is 10.4. The number of thiazole rings is 1. The Hall–Kier alpha value is -2.86. The fraction of sp³-hybridized carbons (Fsp3) is 0.320. The molecular formula is C25H25IN2O6S. The highest BCUT2D eigenvalue weighted by Crippen LogP contribution is 2.36. The van der Waals surface area contributed by atoms with Crippen LogP contribution in [-0.2, 0) is 9.53 Å². The average Bonchev–Trinajstić information content (AvgIpc) is 3.35. The lowest BCUT2D eigenvalue weighted by molar-refractivity contribution is -0.139. The Kier molecular flexibility index (Phi) is 7.50. The molecule has 4 rings (SSSR count). The largest absolute Gasteiger partial charge is 0.493 e. The van der Waals surface area contributed by atoms with Crippen LogP contribution in [0.3, 0.4) is 0 Å². The summed E-state index contributed by atoms with van der Waals surface area (Å²) in [6.07, 6.45) is 1.64. The zero-order valence-corrected chi connectivity index (χ0v) is 22.9. The third kappa shape index (κ3) is 5.08. The van der Waals surface area contributed by atoms with Crippen LogP contribution in [0, 0.1) is 3.77 Å². The average molecular weight is 608 g/mol. The number of rotatable bonds is 7. The number of esters is 1. The summed E-state index contributed by atoms with van der Waals surface area (Å²) in [6.45, 7) is 7.54. The van der Waals surface area contributed by atoms with Gasteiger partial charge in [0.15, 0.2) is 20.1 Å². The molecule has 1 atom stereocenters. The van der Waals surface area contributed by atoms with Gasteiger partial charge >= 0.3 is 5.97 Å². The molecule has 0 N–H and O–H groups in total. The maximum Gasteiger partial charge on any atom is 0.338 e. The highest BCUT2D eigenvalue weighted by atomic mass is 127. The van der Waals surface area contributed by atoms with E-state index in [-0.39, 0.29) is 18.3 Å². The third-order valence-electron chi connectivity index (χ3n) is 5.25. The van der Waals surface area contributed by atoms with Gasteiger partial charge < -0.3 is 18.6 Å². The number of hydrogen-bond donors (Lipinski definition) is 0. The second-order valence-electron chi connectivity index (χ2n) is 8.02. The first kappa shape index (κ1) is 25.2. The fourth-order valence-corrected chi connectivity index (χ4v) is 5.31. The van der Waals surface area contributed by atoms with Crippen LogP contribution in [0.2, 0.25) is 0 Å². The van der Waals surface area contributed by atoms with Crippen molar-refractivity contribution in [2.75, 3.05) is 13.7 Å². The molecule has 3 heterocycles. The summed E-state index contributed by atoms with van der Waals surface area (Å²) < 4.78 is 25.1. The van der Waals surface area contributed by atoms with Crippen LogP contribution >= 0.6 is 33.9 Å². The van der Waals surface area contributed by atoms with E-state index in [2.05, 4.69) is 27.6 Å². The normalized spacial score (nSPS) is 15.7. The minimum Gasteiger partial charge on any atom is -0.493 e. The predicted molar refractivity (Wildman–Crippen MR) is 141 cm³/mol. The van der Waals surface area contributed by atoms with Gasteiger partial charge in [0.1, 0.15) is 5.76 Å². The van der Waals surface area contributed by atoms with Crippen molar-refractivity contribution in [1.29, 1.82) is 0 Å². The topological polar surface area (TPSA) is 92.3 Å². The van der Waals surface area contributed by atoms with E-state index < -0.39 is 12.0 Å². The zero-order chi connectivity index (χ0) is 25.3. The number of ether oxygens (including phenoxy) is 3. The van der Waals surface area contributed by atoms with E-state index in [4.69, 9.17) is 18.6 Å². The molecule has 1 aliphatic rings. The molecule has 8 nitrogen and oxygen atoms in total. The molecule has 0 bridgehead atoms. The molecule has 0 saturated carbocycles. The molecule has 0 aliphatic carbocycles. The summed E-state index contributed by atoms with van der Waals surface area (Å²) in [5, 5.41) is 0. The van der Waals surface area contributed by atoms with Gasteiger partial charge in [0.25, 0.3) is 5.56 Å². The molecule has 3 aromatic rings. The molecule has 0 amide bonds. The van der Waals surface area contributed by atoms with E-state index in [1.54, 1.807) is 45.2 Å². The Labute approximate surface area is 219 Å². The Balaban J connectivity index is 1.94. The van der Waals surface area contributed by atoms with Crippen molar-refractivity contribution in [3.8, 4) is 11.5 Å². The van der Waals surface area contributed by atoms with E-state index in [0.29, 0.717) is 43.4 Å². The van der Waals surface area contributed by atoms with Gasteiger partial charge in [-0.3, -0.25) is 9.36 Å². The Morgan fingerprint density at radius 3 is 2.69 bits per heavy atom.